The van der Waals surface area contributed by atoms with Crippen LogP contribution in [0.2, 0.25) is 0 Å². The first-order valence-corrected chi connectivity index (χ1v) is 6.39. The number of benzene rings is 1. The molecule has 0 saturated heterocycles. The van der Waals surface area contributed by atoms with Crippen molar-refractivity contribution in [3.63, 3.8) is 0 Å². The zero-order chi connectivity index (χ0) is 13.8. The largest absolute Gasteiger partial charge is 0.268 e. The maximum absolute atomic E-state index is 11.5. The molecule has 0 aliphatic carbocycles. The second-order valence-electron chi connectivity index (χ2n) is 3.38. The van der Waals surface area contributed by atoms with Gasteiger partial charge < -0.3 is 0 Å². The van der Waals surface area contributed by atoms with Gasteiger partial charge in [0.05, 0.1) is 4.92 Å². The third-order valence-electron chi connectivity index (χ3n) is 1.90. The summed E-state index contributed by atoms with van der Waals surface area (Å²) in [4.78, 5) is 20.9. The van der Waals surface area contributed by atoms with Crippen molar-refractivity contribution in [3.8, 4) is 0 Å². The van der Waals surface area contributed by atoms with Crippen molar-refractivity contribution < 1.29 is 18.1 Å². The van der Waals surface area contributed by atoms with Crippen LogP contribution in [0.5, 0.6) is 0 Å². The minimum Gasteiger partial charge on any atom is -0.268 e. The van der Waals surface area contributed by atoms with Gasteiger partial charge in [0.15, 0.2) is 5.75 Å². The number of sulfonamides is 1. The number of hydrogen-bond donors (Lipinski definition) is 1. The standard InChI is InChI=1S/C10H10N2O5S/c1-8(12(14)15)7-18(16,17)11-10(13)9-5-3-2-4-6-9/h2-6H,1,7H2,(H,11,13). The van der Waals surface area contributed by atoms with Gasteiger partial charge >= 0.3 is 0 Å². The van der Waals surface area contributed by atoms with Crippen molar-refractivity contribution in [1.82, 2.24) is 4.72 Å². The summed E-state index contributed by atoms with van der Waals surface area (Å²) in [5.41, 5.74) is -0.559. The highest BCUT2D eigenvalue weighted by atomic mass is 32.2. The van der Waals surface area contributed by atoms with Crippen LogP contribution < -0.4 is 4.72 Å². The summed E-state index contributed by atoms with van der Waals surface area (Å²) in [5.74, 6) is -1.77. The fraction of sp³-hybridized carbons (Fsp3) is 0.100. The van der Waals surface area contributed by atoms with Crippen molar-refractivity contribution in [3.05, 3.63) is 58.3 Å². The van der Waals surface area contributed by atoms with E-state index in [0.29, 0.717) is 0 Å². The lowest BCUT2D eigenvalue weighted by atomic mass is 10.2. The molecule has 1 N–H and O–H groups in total. The van der Waals surface area contributed by atoms with E-state index in [1.807, 2.05) is 0 Å². The van der Waals surface area contributed by atoms with Gasteiger partial charge in [-0.1, -0.05) is 18.2 Å². The van der Waals surface area contributed by atoms with Crippen LogP contribution in [-0.2, 0) is 10.0 Å². The van der Waals surface area contributed by atoms with Crippen molar-refractivity contribution in [2.24, 2.45) is 0 Å². The molecule has 0 bridgehead atoms. The number of nitrogens with one attached hydrogen (secondary N) is 1. The molecule has 1 aromatic carbocycles. The van der Waals surface area contributed by atoms with Gasteiger partial charge in [-0.2, -0.15) is 0 Å². The molecule has 0 aromatic heterocycles. The second-order valence-corrected chi connectivity index (χ2v) is 5.10. The van der Waals surface area contributed by atoms with Crippen LogP contribution in [0.15, 0.2) is 42.6 Å². The molecular formula is C10H10N2O5S. The molecule has 0 fully saturated rings. The Morgan fingerprint density at radius 2 is 1.89 bits per heavy atom. The van der Waals surface area contributed by atoms with E-state index < -0.39 is 32.3 Å². The van der Waals surface area contributed by atoms with E-state index in [0.717, 1.165) is 0 Å². The molecular weight excluding hydrogens is 260 g/mol. The Balaban J connectivity index is 2.76. The van der Waals surface area contributed by atoms with E-state index in [9.17, 15) is 23.3 Å². The fourth-order valence-corrected chi connectivity index (χ4v) is 2.11. The molecule has 0 saturated carbocycles. The molecule has 0 heterocycles. The van der Waals surface area contributed by atoms with E-state index in [1.165, 1.54) is 12.1 Å². The summed E-state index contributed by atoms with van der Waals surface area (Å²) >= 11 is 0. The van der Waals surface area contributed by atoms with Crippen molar-refractivity contribution in [2.45, 2.75) is 0 Å². The summed E-state index contributed by atoms with van der Waals surface area (Å²) in [6, 6.07) is 7.65. The average molecular weight is 270 g/mol. The molecule has 0 radical (unpaired) electrons. The smallest absolute Gasteiger partial charge is 0.264 e. The summed E-state index contributed by atoms with van der Waals surface area (Å²) in [5, 5.41) is 10.3. The Morgan fingerprint density at radius 3 is 2.39 bits per heavy atom. The number of nitrogens with zero attached hydrogens (tertiary/aromatic N) is 1. The van der Waals surface area contributed by atoms with Gasteiger partial charge in [-0.25, -0.2) is 13.1 Å². The number of carbonyl (C=O) groups is 1. The Kier molecular flexibility index (Phi) is 4.16. The lowest BCUT2D eigenvalue weighted by Crippen LogP contribution is -2.33. The fourth-order valence-electron chi connectivity index (χ4n) is 1.10. The normalized spacial score (nSPS) is 10.7. The van der Waals surface area contributed by atoms with Crippen molar-refractivity contribution in [2.75, 3.05) is 5.75 Å². The molecule has 1 rings (SSSR count). The number of rotatable bonds is 5. The molecule has 0 spiro atoms. The maximum atomic E-state index is 11.5. The van der Waals surface area contributed by atoms with Crippen LogP contribution in [0.4, 0.5) is 0 Å². The van der Waals surface area contributed by atoms with E-state index in [-0.39, 0.29) is 5.56 Å². The second kappa shape index (κ2) is 5.41. The SMILES string of the molecule is C=C(CS(=O)(=O)NC(=O)c1ccccc1)[N+](=O)[O-]. The van der Waals surface area contributed by atoms with Gasteiger partial charge in [-0.3, -0.25) is 14.9 Å². The topological polar surface area (TPSA) is 106 Å². The third kappa shape index (κ3) is 3.98. The van der Waals surface area contributed by atoms with Crippen LogP contribution in [0, 0.1) is 10.1 Å². The van der Waals surface area contributed by atoms with Gasteiger partial charge in [-0.05, 0) is 18.7 Å². The van der Waals surface area contributed by atoms with E-state index in [2.05, 4.69) is 6.58 Å². The first kappa shape index (κ1) is 13.8. The van der Waals surface area contributed by atoms with Gasteiger partial charge in [0.2, 0.25) is 10.0 Å². The molecule has 96 valence electrons. The average Bonchev–Trinajstić information content (AvgIpc) is 2.28. The number of nitro groups is 1. The zero-order valence-corrected chi connectivity index (χ0v) is 10.0. The molecule has 1 aromatic rings. The van der Waals surface area contributed by atoms with Crippen molar-refractivity contribution >= 4 is 15.9 Å². The Bertz CT molecular complexity index is 580. The van der Waals surface area contributed by atoms with Crippen LogP contribution >= 0.6 is 0 Å². The van der Waals surface area contributed by atoms with Crippen LogP contribution in [0.1, 0.15) is 10.4 Å². The summed E-state index contributed by atoms with van der Waals surface area (Å²) in [7, 11) is -4.11. The van der Waals surface area contributed by atoms with Gasteiger partial charge in [0.25, 0.3) is 11.6 Å². The minimum absolute atomic E-state index is 0.146. The number of carbonyl (C=O) groups excluding carboxylic acids is 1. The highest BCUT2D eigenvalue weighted by Gasteiger charge is 2.22. The molecule has 1 amide bonds. The Hall–Kier alpha value is -2.22. The Labute approximate surface area is 103 Å². The summed E-state index contributed by atoms with van der Waals surface area (Å²) in [6.07, 6.45) is 0. The number of amides is 1. The van der Waals surface area contributed by atoms with E-state index in [4.69, 9.17) is 0 Å². The molecule has 7 nitrogen and oxygen atoms in total. The van der Waals surface area contributed by atoms with Gasteiger partial charge in [-0.15, -0.1) is 0 Å². The zero-order valence-electron chi connectivity index (χ0n) is 9.20. The number of hydrogen-bond acceptors (Lipinski definition) is 5. The summed E-state index contributed by atoms with van der Waals surface area (Å²) < 4.78 is 24.6. The molecule has 0 atom stereocenters. The molecule has 0 aliphatic rings. The van der Waals surface area contributed by atoms with Gasteiger partial charge in [0, 0.05) is 5.56 Å². The molecule has 8 heteroatoms. The van der Waals surface area contributed by atoms with Crippen LogP contribution in [0.3, 0.4) is 0 Å². The highest BCUT2D eigenvalue weighted by molar-refractivity contribution is 7.90. The lowest BCUT2D eigenvalue weighted by molar-refractivity contribution is -0.422. The molecule has 0 aliphatic heterocycles. The Morgan fingerprint density at radius 1 is 1.33 bits per heavy atom. The predicted octanol–water partition coefficient (Wildman–Crippen LogP) is 0.537. The predicted molar refractivity (Wildman–Crippen MR) is 63.8 cm³/mol. The maximum Gasteiger partial charge on any atom is 0.264 e. The monoisotopic (exact) mass is 270 g/mol. The van der Waals surface area contributed by atoms with Crippen LogP contribution in [-0.4, -0.2) is 25.0 Å². The van der Waals surface area contributed by atoms with Crippen LogP contribution in [0.25, 0.3) is 0 Å². The first-order valence-electron chi connectivity index (χ1n) is 4.74. The quantitative estimate of drug-likeness (QED) is 0.620. The summed E-state index contributed by atoms with van der Waals surface area (Å²) in [6.45, 7) is 2.99. The van der Waals surface area contributed by atoms with Crippen molar-refractivity contribution in [1.29, 1.82) is 0 Å². The minimum atomic E-state index is -4.11. The van der Waals surface area contributed by atoms with E-state index in [1.54, 1.807) is 22.9 Å². The molecule has 0 unspecified atom stereocenters. The van der Waals surface area contributed by atoms with E-state index >= 15 is 0 Å². The molecule has 18 heavy (non-hydrogen) atoms. The highest BCUT2D eigenvalue weighted by Crippen LogP contribution is 2.02. The van der Waals surface area contributed by atoms with Gasteiger partial charge in [0.1, 0.15) is 0 Å². The third-order valence-corrected chi connectivity index (χ3v) is 3.11. The first-order chi connectivity index (χ1) is 8.32. The lowest BCUT2D eigenvalue weighted by Gasteiger charge is -2.05.